The topological polar surface area (TPSA) is 38.1 Å². The number of hydrogen-bond acceptors (Lipinski definition) is 3. The van der Waals surface area contributed by atoms with Crippen LogP contribution < -0.4 is 0 Å². The maximum absolute atomic E-state index is 8.98. The van der Waals surface area contributed by atoms with Crippen LogP contribution in [0, 0.1) is 5.92 Å². The summed E-state index contributed by atoms with van der Waals surface area (Å²) >= 11 is 1.75. The van der Waals surface area contributed by atoms with Crippen molar-refractivity contribution in [1.29, 1.82) is 0 Å². The van der Waals surface area contributed by atoms with Gasteiger partial charge in [-0.3, -0.25) is 0 Å². The number of aliphatic hydroxyl groups excluding tert-OH is 1. The highest BCUT2D eigenvalue weighted by atomic mass is 32.2. The molecule has 1 aromatic heterocycles. The Kier molecular flexibility index (Phi) is 4.48. The maximum Gasteiger partial charge on any atom is 0.167 e. The van der Waals surface area contributed by atoms with Gasteiger partial charge in [0.2, 0.25) is 0 Å². The average molecular weight is 214 g/mol. The molecular formula is C10H18N2OS. The molecule has 4 heteroatoms. The predicted molar refractivity (Wildman–Crippen MR) is 59.3 cm³/mol. The van der Waals surface area contributed by atoms with Crippen molar-refractivity contribution < 1.29 is 5.11 Å². The van der Waals surface area contributed by atoms with E-state index in [4.69, 9.17) is 5.11 Å². The van der Waals surface area contributed by atoms with Crippen molar-refractivity contribution in [2.75, 3.05) is 5.75 Å². The normalized spacial score (nSPS) is 11.2. The largest absolute Gasteiger partial charge is 0.390 e. The minimum atomic E-state index is 0.0637. The van der Waals surface area contributed by atoms with Crippen LogP contribution in [0.25, 0.3) is 0 Å². The van der Waals surface area contributed by atoms with Crippen molar-refractivity contribution >= 4 is 11.8 Å². The van der Waals surface area contributed by atoms with E-state index >= 15 is 0 Å². The molecule has 1 N–H and O–H groups in total. The number of aliphatic hydroxyl groups is 1. The minimum Gasteiger partial charge on any atom is -0.390 e. The summed E-state index contributed by atoms with van der Waals surface area (Å²) < 4.78 is 1.95. The predicted octanol–water partition coefficient (Wildman–Crippen LogP) is 2.05. The van der Waals surface area contributed by atoms with Crippen LogP contribution >= 0.6 is 11.8 Å². The molecule has 0 bridgehead atoms. The zero-order chi connectivity index (χ0) is 10.6. The van der Waals surface area contributed by atoms with E-state index in [1.807, 2.05) is 11.6 Å². The van der Waals surface area contributed by atoms with Crippen LogP contribution in [0.3, 0.4) is 0 Å². The molecule has 3 nitrogen and oxygen atoms in total. The van der Waals surface area contributed by atoms with Gasteiger partial charge in [0, 0.05) is 12.8 Å². The van der Waals surface area contributed by atoms with Gasteiger partial charge >= 0.3 is 0 Å². The fourth-order valence-electron chi connectivity index (χ4n) is 1.09. The molecule has 0 saturated carbocycles. The highest BCUT2D eigenvalue weighted by molar-refractivity contribution is 7.99. The van der Waals surface area contributed by atoms with E-state index in [0.717, 1.165) is 22.5 Å². The Morgan fingerprint density at radius 1 is 1.57 bits per heavy atom. The number of rotatable bonds is 5. The van der Waals surface area contributed by atoms with Gasteiger partial charge in [-0.1, -0.05) is 25.6 Å². The van der Waals surface area contributed by atoms with Gasteiger partial charge in [0.1, 0.15) is 0 Å². The van der Waals surface area contributed by atoms with E-state index < -0.39 is 0 Å². The smallest absolute Gasteiger partial charge is 0.167 e. The van der Waals surface area contributed by atoms with Crippen LogP contribution in [-0.2, 0) is 13.7 Å². The third-order valence-corrected chi connectivity index (χ3v) is 3.21. The summed E-state index contributed by atoms with van der Waals surface area (Å²) in [5, 5.41) is 9.97. The molecule has 0 aliphatic carbocycles. The molecule has 0 fully saturated rings. The van der Waals surface area contributed by atoms with E-state index in [-0.39, 0.29) is 6.61 Å². The van der Waals surface area contributed by atoms with E-state index in [2.05, 4.69) is 18.8 Å². The zero-order valence-electron chi connectivity index (χ0n) is 9.03. The Balaban J connectivity index is 2.46. The van der Waals surface area contributed by atoms with Crippen molar-refractivity contribution in [3.8, 4) is 0 Å². The van der Waals surface area contributed by atoms with Crippen molar-refractivity contribution in [2.24, 2.45) is 13.0 Å². The van der Waals surface area contributed by atoms with Crippen molar-refractivity contribution in [3.05, 3.63) is 11.9 Å². The van der Waals surface area contributed by atoms with Gasteiger partial charge in [-0.2, -0.15) is 0 Å². The van der Waals surface area contributed by atoms with Gasteiger partial charge in [-0.05, 0) is 12.3 Å². The molecule has 1 rings (SSSR count). The molecule has 14 heavy (non-hydrogen) atoms. The number of nitrogens with zero attached hydrogens (tertiary/aromatic N) is 2. The second-order valence-corrected chi connectivity index (χ2v) is 4.84. The Morgan fingerprint density at radius 3 is 2.79 bits per heavy atom. The molecule has 0 saturated heterocycles. The highest BCUT2D eigenvalue weighted by Gasteiger charge is 2.05. The Hall–Kier alpha value is -0.480. The molecule has 0 aromatic carbocycles. The summed E-state index contributed by atoms with van der Waals surface area (Å²) in [7, 11) is 1.94. The third-order valence-electron chi connectivity index (χ3n) is 2.13. The Morgan fingerprint density at radius 2 is 2.29 bits per heavy atom. The summed E-state index contributed by atoms with van der Waals surface area (Å²) in [6.45, 7) is 4.50. The van der Waals surface area contributed by atoms with Crippen LogP contribution in [0.1, 0.15) is 26.0 Å². The molecular weight excluding hydrogens is 196 g/mol. The molecule has 0 aliphatic heterocycles. The molecule has 0 aliphatic rings. The summed E-state index contributed by atoms with van der Waals surface area (Å²) in [6.07, 6.45) is 2.93. The number of imidazole rings is 1. The van der Waals surface area contributed by atoms with Crippen molar-refractivity contribution in [3.63, 3.8) is 0 Å². The zero-order valence-corrected chi connectivity index (χ0v) is 9.84. The molecule has 0 spiro atoms. The molecule has 1 heterocycles. The lowest BCUT2D eigenvalue weighted by atomic mass is 10.2. The Labute approximate surface area is 89.5 Å². The lowest BCUT2D eigenvalue weighted by Crippen LogP contribution is -1.98. The molecule has 80 valence electrons. The van der Waals surface area contributed by atoms with Gasteiger partial charge in [-0.25, -0.2) is 4.98 Å². The lowest BCUT2D eigenvalue weighted by Gasteiger charge is -2.05. The van der Waals surface area contributed by atoms with Gasteiger partial charge in [0.15, 0.2) is 5.16 Å². The quantitative estimate of drug-likeness (QED) is 0.762. The summed E-state index contributed by atoms with van der Waals surface area (Å²) in [5.41, 5.74) is 0.872. The minimum absolute atomic E-state index is 0.0637. The first-order chi connectivity index (χ1) is 6.65. The first-order valence-corrected chi connectivity index (χ1v) is 5.88. The number of thioether (sulfide) groups is 1. The Bertz CT molecular complexity index is 284. The third kappa shape index (κ3) is 3.03. The summed E-state index contributed by atoms with van der Waals surface area (Å²) in [4.78, 5) is 4.25. The fourth-order valence-corrected chi connectivity index (χ4v) is 2.30. The van der Waals surface area contributed by atoms with Crippen LogP contribution in [-0.4, -0.2) is 20.4 Å². The highest BCUT2D eigenvalue weighted by Crippen LogP contribution is 2.19. The van der Waals surface area contributed by atoms with Crippen LogP contribution in [0.15, 0.2) is 11.4 Å². The van der Waals surface area contributed by atoms with E-state index in [1.54, 1.807) is 18.0 Å². The van der Waals surface area contributed by atoms with Crippen molar-refractivity contribution in [2.45, 2.75) is 32.0 Å². The van der Waals surface area contributed by atoms with Crippen LogP contribution in [0.2, 0.25) is 0 Å². The first kappa shape index (κ1) is 11.6. The van der Waals surface area contributed by atoms with Gasteiger partial charge in [0.25, 0.3) is 0 Å². The first-order valence-electron chi connectivity index (χ1n) is 4.89. The van der Waals surface area contributed by atoms with Crippen LogP contribution in [0.5, 0.6) is 0 Å². The van der Waals surface area contributed by atoms with Crippen molar-refractivity contribution in [1.82, 2.24) is 9.55 Å². The van der Waals surface area contributed by atoms with Gasteiger partial charge in [0.05, 0.1) is 18.5 Å². The van der Waals surface area contributed by atoms with Crippen LogP contribution in [0.4, 0.5) is 0 Å². The average Bonchev–Trinajstić information content (AvgIpc) is 2.47. The van der Waals surface area contributed by atoms with E-state index in [0.29, 0.717) is 0 Å². The second kappa shape index (κ2) is 5.41. The van der Waals surface area contributed by atoms with E-state index in [9.17, 15) is 0 Å². The second-order valence-electron chi connectivity index (χ2n) is 3.78. The standard InChI is InChI=1S/C10H18N2OS/c1-8(2)4-5-14-10-11-6-9(7-13)12(10)3/h6,8,13H,4-5,7H2,1-3H3. The van der Waals surface area contributed by atoms with Gasteiger partial charge < -0.3 is 9.67 Å². The fraction of sp³-hybridized carbons (Fsp3) is 0.700. The lowest BCUT2D eigenvalue weighted by molar-refractivity contribution is 0.271. The SMILES string of the molecule is CC(C)CCSc1ncc(CO)n1C. The van der Waals surface area contributed by atoms with Gasteiger partial charge in [-0.15, -0.1) is 0 Å². The number of aromatic nitrogens is 2. The molecule has 1 aromatic rings. The maximum atomic E-state index is 8.98. The molecule has 0 unspecified atom stereocenters. The monoisotopic (exact) mass is 214 g/mol. The summed E-state index contributed by atoms with van der Waals surface area (Å²) in [5.74, 6) is 1.83. The summed E-state index contributed by atoms with van der Waals surface area (Å²) in [6, 6.07) is 0. The molecule has 0 amide bonds. The van der Waals surface area contributed by atoms with E-state index in [1.165, 1.54) is 6.42 Å². The number of hydrogen-bond donors (Lipinski definition) is 1. The molecule has 0 radical (unpaired) electrons. The molecule has 0 atom stereocenters.